The van der Waals surface area contributed by atoms with Crippen molar-refractivity contribution < 1.29 is 14.6 Å². The Balaban J connectivity index is 1.54. The van der Waals surface area contributed by atoms with Gasteiger partial charge in [-0.2, -0.15) is 0 Å². The van der Waals surface area contributed by atoms with Crippen LogP contribution in [0.3, 0.4) is 0 Å². The molecule has 0 aliphatic carbocycles. The molecular formula is C17H21N3O3. The molecule has 1 aromatic heterocycles. The van der Waals surface area contributed by atoms with E-state index in [1.54, 1.807) is 7.11 Å². The van der Waals surface area contributed by atoms with E-state index in [1.807, 2.05) is 30.3 Å². The Kier molecular flexibility index (Phi) is 5.05. The van der Waals surface area contributed by atoms with Crippen molar-refractivity contribution in [2.24, 2.45) is 0 Å². The molecule has 1 aromatic carbocycles. The number of fused-ring (bicyclic) bond motifs is 1. The van der Waals surface area contributed by atoms with E-state index in [9.17, 15) is 5.11 Å². The average Bonchev–Trinajstić information content (AvgIpc) is 2.60. The first kappa shape index (κ1) is 15.7. The Hall–Kier alpha value is -2.18. The highest BCUT2D eigenvalue weighted by atomic mass is 16.5. The molecule has 1 N–H and O–H groups in total. The van der Waals surface area contributed by atoms with Gasteiger partial charge in [-0.05, 0) is 12.1 Å². The fraction of sp³-hybridized carbons (Fsp3) is 0.412. The van der Waals surface area contributed by atoms with Crippen molar-refractivity contribution in [2.75, 3.05) is 26.8 Å². The maximum Gasteiger partial charge on any atom is 0.220 e. The highest BCUT2D eigenvalue weighted by Gasteiger charge is 2.23. The van der Waals surface area contributed by atoms with Crippen LogP contribution in [0.4, 0.5) is 0 Å². The van der Waals surface area contributed by atoms with Gasteiger partial charge in [0.05, 0.1) is 12.8 Å². The van der Waals surface area contributed by atoms with Crippen molar-refractivity contribution in [1.29, 1.82) is 0 Å². The van der Waals surface area contributed by atoms with Crippen molar-refractivity contribution in [3.8, 4) is 11.6 Å². The summed E-state index contributed by atoms with van der Waals surface area (Å²) in [4.78, 5) is 10.6. The van der Waals surface area contributed by atoms with Gasteiger partial charge < -0.3 is 14.6 Å². The molecule has 0 amide bonds. The summed E-state index contributed by atoms with van der Waals surface area (Å²) in [6.07, 6.45) is 1.82. The molecule has 23 heavy (non-hydrogen) atoms. The molecule has 0 spiro atoms. The molecule has 3 rings (SSSR count). The second-order valence-electron chi connectivity index (χ2n) is 5.57. The number of ether oxygens (including phenoxy) is 2. The monoisotopic (exact) mass is 315 g/mol. The topological polar surface area (TPSA) is 67.7 Å². The lowest BCUT2D eigenvalue weighted by molar-refractivity contribution is 0.0630. The Morgan fingerprint density at radius 2 is 2.09 bits per heavy atom. The molecule has 0 fully saturated rings. The van der Waals surface area contributed by atoms with Crippen LogP contribution in [0.15, 0.2) is 36.7 Å². The molecule has 6 heteroatoms. The van der Waals surface area contributed by atoms with Crippen LogP contribution in [0.2, 0.25) is 0 Å². The molecule has 1 aliphatic heterocycles. The van der Waals surface area contributed by atoms with E-state index in [0.717, 1.165) is 30.0 Å². The molecule has 0 unspecified atom stereocenters. The molecule has 0 radical (unpaired) electrons. The van der Waals surface area contributed by atoms with Gasteiger partial charge in [-0.3, -0.25) is 4.90 Å². The first-order valence-corrected chi connectivity index (χ1v) is 7.71. The largest absolute Gasteiger partial charge is 0.491 e. The fourth-order valence-electron chi connectivity index (χ4n) is 2.76. The lowest BCUT2D eigenvalue weighted by Gasteiger charge is -2.30. The summed E-state index contributed by atoms with van der Waals surface area (Å²) >= 11 is 0. The van der Waals surface area contributed by atoms with Gasteiger partial charge in [-0.25, -0.2) is 9.97 Å². The van der Waals surface area contributed by atoms with Crippen LogP contribution in [0.5, 0.6) is 11.6 Å². The summed E-state index contributed by atoms with van der Waals surface area (Å²) in [5, 5.41) is 10.2. The van der Waals surface area contributed by atoms with Gasteiger partial charge in [0.2, 0.25) is 5.88 Å². The van der Waals surface area contributed by atoms with E-state index < -0.39 is 6.10 Å². The Morgan fingerprint density at radius 1 is 1.26 bits per heavy atom. The predicted molar refractivity (Wildman–Crippen MR) is 85.5 cm³/mol. The summed E-state index contributed by atoms with van der Waals surface area (Å²) in [5.74, 6) is 1.39. The van der Waals surface area contributed by atoms with Crippen LogP contribution < -0.4 is 9.47 Å². The second-order valence-corrected chi connectivity index (χ2v) is 5.57. The van der Waals surface area contributed by atoms with Crippen molar-refractivity contribution in [2.45, 2.75) is 19.1 Å². The van der Waals surface area contributed by atoms with Gasteiger partial charge in [0.25, 0.3) is 0 Å². The third-order valence-corrected chi connectivity index (χ3v) is 3.89. The number of aromatic nitrogens is 2. The zero-order valence-corrected chi connectivity index (χ0v) is 13.2. The molecule has 1 aliphatic rings. The quantitative estimate of drug-likeness (QED) is 0.866. The summed E-state index contributed by atoms with van der Waals surface area (Å²) in [7, 11) is 1.62. The van der Waals surface area contributed by atoms with Crippen LogP contribution in [-0.4, -0.2) is 52.9 Å². The van der Waals surface area contributed by atoms with Crippen LogP contribution in [0.25, 0.3) is 0 Å². The molecule has 1 atom stereocenters. The zero-order chi connectivity index (χ0) is 16.1. The van der Waals surface area contributed by atoms with E-state index in [-0.39, 0.29) is 6.61 Å². The van der Waals surface area contributed by atoms with Gasteiger partial charge in [-0.1, -0.05) is 18.2 Å². The Morgan fingerprint density at radius 3 is 2.87 bits per heavy atom. The second kappa shape index (κ2) is 7.39. The number of β-amino-alcohol motifs (C(OH)–C–C–N with tert-alkyl or cyclic N) is 1. The number of rotatable bonds is 6. The number of aliphatic hydroxyl groups excluding tert-OH is 1. The maximum absolute atomic E-state index is 10.2. The molecule has 0 saturated carbocycles. The number of benzene rings is 1. The molecule has 122 valence electrons. The van der Waals surface area contributed by atoms with E-state index in [0.29, 0.717) is 19.0 Å². The van der Waals surface area contributed by atoms with Gasteiger partial charge >= 0.3 is 0 Å². The Bertz CT molecular complexity index is 622. The minimum Gasteiger partial charge on any atom is -0.491 e. The SMILES string of the molecule is COc1ncnc2c1CN(C[C@H](O)COc1ccccc1)CC2. The molecule has 2 aromatic rings. The zero-order valence-electron chi connectivity index (χ0n) is 13.2. The fourth-order valence-corrected chi connectivity index (χ4v) is 2.76. The predicted octanol–water partition coefficient (Wildman–Crippen LogP) is 1.28. The van der Waals surface area contributed by atoms with Crippen LogP contribution >= 0.6 is 0 Å². The van der Waals surface area contributed by atoms with Crippen molar-refractivity contribution >= 4 is 0 Å². The lowest BCUT2D eigenvalue weighted by atomic mass is 10.1. The van der Waals surface area contributed by atoms with Gasteiger partial charge in [0, 0.05) is 31.6 Å². The van der Waals surface area contributed by atoms with E-state index in [4.69, 9.17) is 9.47 Å². The van der Waals surface area contributed by atoms with Crippen molar-refractivity contribution in [3.63, 3.8) is 0 Å². The normalized spacial score (nSPS) is 15.7. The molecule has 0 saturated heterocycles. The summed E-state index contributed by atoms with van der Waals surface area (Å²) in [6.45, 7) is 2.36. The standard InChI is InChI=1S/C17H21N3O3/c1-22-17-15-10-20(8-7-16(15)18-12-19-17)9-13(21)11-23-14-5-3-2-4-6-14/h2-6,12-13,21H,7-11H2,1H3/t13-/m0/s1. The van der Waals surface area contributed by atoms with E-state index >= 15 is 0 Å². The third kappa shape index (κ3) is 3.97. The van der Waals surface area contributed by atoms with Gasteiger partial charge in [-0.15, -0.1) is 0 Å². The van der Waals surface area contributed by atoms with Gasteiger partial charge in [0.1, 0.15) is 24.8 Å². The van der Waals surface area contributed by atoms with E-state index in [1.165, 1.54) is 6.33 Å². The summed E-state index contributed by atoms with van der Waals surface area (Å²) in [5.41, 5.74) is 2.04. The first-order valence-electron chi connectivity index (χ1n) is 7.71. The van der Waals surface area contributed by atoms with E-state index in [2.05, 4.69) is 14.9 Å². The number of hydrogen-bond donors (Lipinski definition) is 1. The van der Waals surface area contributed by atoms with Crippen molar-refractivity contribution in [1.82, 2.24) is 14.9 Å². The molecule has 2 heterocycles. The highest BCUT2D eigenvalue weighted by molar-refractivity contribution is 5.31. The summed E-state index contributed by atoms with van der Waals surface area (Å²) in [6, 6.07) is 9.52. The van der Waals surface area contributed by atoms with Gasteiger partial charge in [0.15, 0.2) is 0 Å². The number of aliphatic hydroxyl groups is 1. The smallest absolute Gasteiger partial charge is 0.220 e. The highest BCUT2D eigenvalue weighted by Crippen LogP contribution is 2.24. The maximum atomic E-state index is 10.2. The minimum atomic E-state index is -0.549. The lowest BCUT2D eigenvalue weighted by Crippen LogP contribution is -2.39. The van der Waals surface area contributed by atoms with Crippen molar-refractivity contribution in [3.05, 3.63) is 47.9 Å². The Labute approximate surface area is 135 Å². The first-order chi connectivity index (χ1) is 11.3. The molecular weight excluding hydrogens is 294 g/mol. The minimum absolute atomic E-state index is 0.274. The molecule has 0 bridgehead atoms. The van der Waals surface area contributed by atoms with Crippen LogP contribution in [0.1, 0.15) is 11.3 Å². The number of nitrogens with zero attached hydrogens (tertiary/aromatic N) is 3. The number of para-hydroxylation sites is 1. The summed E-state index contributed by atoms with van der Waals surface area (Å²) < 4.78 is 10.9. The average molecular weight is 315 g/mol. The molecule has 6 nitrogen and oxygen atoms in total. The third-order valence-electron chi connectivity index (χ3n) is 3.89. The van der Waals surface area contributed by atoms with Crippen LogP contribution in [0, 0.1) is 0 Å². The van der Waals surface area contributed by atoms with Crippen LogP contribution in [-0.2, 0) is 13.0 Å². The number of hydrogen-bond acceptors (Lipinski definition) is 6. The number of methoxy groups -OCH3 is 1.